The van der Waals surface area contributed by atoms with Gasteiger partial charge in [0.05, 0.1) is 12.8 Å². The van der Waals surface area contributed by atoms with Gasteiger partial charge in [-0.15, -0.1) is 0 Å². The molecule has 1 aliphatic heterocycles. The maximum absolute atomic E-state index is 13.7. The van der Waals surface area contributed by atoms with Gasteiger partial charge in [-0.05, 0) is 40.0 Å². The van der Waals surface area contributed by atoms with Gasteiger partial charge < -0.3 is 28.9 Å². The third-order valence-corrected chi connectivity index (χ3v) is 6.80. The van der Waals surface area contributed by atoms with Crippen LogP contribution in [0.25, 0.3) is 0 Å². The molecule has 1 fully saturated rings. The van der Waals surface area contributed by atoms with Crippen LogP contribution in [0.5, 0.6) is 0 Å². The van der Waals surface area contributed by atoms with Crippen LogP contribution in [-0.4, -0.2) is 96.2 Å². The van der Waals surface area contributed by atoms with E-state index in [-0.39, 0.29) is 25.7 Å². The number of amides is 2. The van der Waals surface area contributed by atoms with E-state index in [1.54, 1.807) is 13.8 Å². The first-order valence-corrected chi connectivity index (χ1v) is 12.3. The Morgan fingerprint density at radius 1 is 0.917 bits per heavy atom. The lowest BCUT2D eigenvalue weighted by atomic mass is 9.73. The lowest BCUT2D eigenvalue weighted by molar-refractivity contribution is -0.206. The van der Waals surface area contributed by atoms with Crippen molar-refractivity contribution in [1.82, 2.24) is 9.80 Å². The minimum atomic E-state index is -2.22. The normalized spacial score (nSPS) is 16.4. The van der Waals surface area contributed by atoms with Crippen LogP contribution in [-0.2, 0) is 43.0 Å². The molecular formula is C25H38N2O9. The average molecular weight is 511 g/mol. The highest BCUT2D eigenvalue weighted by atomic mass is 16.6. The second-order valence-corrected chi connectivity index (χ2v) is 8.92. The number of hydrogen-bond donors (Lipinski definition) is 0. The second kappa shape index (κ2) is 14.6. The molecule has 0 saturated carbocycles. The lowest BCUT2D eigenvalue weighted by Gasteiger charge is -2.45. The molecule has 0 aromatic heterocycles. The standard InChI is InChI=1S/C25H38N2O9/c1-5-26(6-2)22(33)18-20(31)25(12-10-16-29,24(3,35-4)11-9-15-28)36-23(34)19(30)17-21(32)27-13-7-8-14-27/h15-16H,5-14,17-18H2,1-4H3. The number of aldehydes is 2. The Morgan fingerprint density at radius 2 is 1.47 bits per heavy atom. The molecule has 1 rings (SSSR count). The van der Waals surface area contributed by atoms with E-state index in [9.17, 15) is 33.6 Å². The number of hydrogen-bond acceptors (Lipinski definition) is 9. The lowest BCUT2D eigenvalue weighted by Crippen LogP contribution is -2.62. The topological polar surface area (TPSA) is 144 Å². The zero-order valence-corrected chi connectivity index (χ0v) is 21.7. The van der Waals surface area contributed by atoms with Crippen molar-refractivity contribution in [2.24, 2.45) is 0 Å². The Bertz CT molecular complexity index is 833. The van der Waals surface area contributed by atoms with Crippen molar-refractivity contribution in [3.8, 4) is 0 Å². The zero-order chi connectivity index (χ0) is 27.4. The van der Waals surface area contributed by atoms with E-state index in [1.165, 1.54) is 23.8 Å². The van der Waals surface area contributed by atoms with Crippen LogP contribution >= 0.6 is 0 Å². The molecule has 1 saturated heterocycles. The van der Waals surface area contributed by atoms with E-state index >= 15 is 0 Å². The van der Waals surface area contributed by atoms with Gasteiger partial charge in [-0.1, -0.05) is 0 Å². The van der Waals surface area contributed by atoms with Gasteiger partial charge in [0.15, 0.2) is 11.4 Å². The van der Waals surface area contributed by atoms with Crippen molar-refractivity contribution in [1.29, 1.82) is 0 Å². The molecule has 0 radical (unpaired) electrons. The maximum atomic E-state index is 13.7. The molecule has 0 aliphatic carbocycles. The van der Waals surface area contributed by atoms with Crippen LogP contribution in [0.4, 0.5) is 0 Å². The van der Waals surface area contributed by atoms with Gasteiger partial charge in [0.2, 0.25) is 17.6 Å². The summed E-state index contributed by atoms with van der Waals surface area (Å²) in [5.41, 5.74) is -3.87. The van der Waals surface area contributed by atoms with Crippen molar-refractivity contribution in [2.75, 3.05) is 33.3 Å². The Hall–Kier alpha value is -2.95. The predicted molar refractivity (Wildman–Crippen MR) is 128 cm³/mol. The Kier molecular flexibility index (Phi) is 12.6. The predicted octanol–water partition coefficient (Wildman–Crippen LogP) is 1.04. The highest BCUT2D eigenvalue weighted by molar-refractivity contribution is 6.37. The highest BCUT2D eigenvalue weighted by Crippen LogP contribution is 2.39. The fraction of sp³-hybridized carbons (Fsp3) is 0.720. The van der Waals surface area contributed by atoms with Crippen LogP contribution in [0.2, 0.25) is 0 Å². The molecule has 1 aliphatic rings. The van der Waals surface area contributed by atoms with Gasteiger partial charge in [0.25, 0.3) is 0 Å². The fourth-order valence-electron chi connectivity index (χ4n) is 4.45. The summed E-state index contributed by atoms with van der Waals surface area (Å²) >= 11 is 0. The first-order chi connectivity index (χ1) is 17.0. The molecule has 202 valence electrons. The maximum Gasteiger partial charge on any atom is 0.376 e. The number of nitrogens with zero attached hydrogens (tertiary/aromatic N) is 2. The molecule has 0 aromatic rings. The average Bonchev–Trinajstić information content (AvgIpc) is 3.40. The van der Waals surface area contributed by atoms with Gasteiger partial charge in [-0.3, -0.25) is 19.2 Å². The summed E-state index contributed by atoms with van der Waals surface area (Å²) in [6, 6.07) is 0. The summed E-state index contributed by atoms with van der Waals surface area (Å²) in [5, 5.41) is 0. The molecule has 11 heteroatoms. The van der Waals surface area contributed by atoms with E-state index in [2.05, 4.69) is 0 Å². The van der Waals surface area contributed by atoms with E-state index in [0.717, 1.165) is 12.8 Å². The number of carbonyl (C=O) groups is 7. The van der Waals surface area contributed by atoms with Gasteiger partial charge in [-0.25, -0.2) is 4.79 Å². The number of Topliss-reactive ketones (excluding diaryl/α,β-unsaturated/α-hetero) is 2. The zero-order valence-electron chi connectivity index (χ0n) is 21.7. The minimum Gasteiger partial charge on any atom is -0.442 e. The molecule has 1 heterocycles. The van der Waals surface area contributed by atoms with Crippen LogP contribution in [0.15, 0.2) is 0 Å². The SMILES string of the molecule is CCN(CC)C(=O)CC(=O)C(CCC=O)(OC(=O)C(=O)CC(=O)N1CCCC1)C(C)(CCC=O)OC. The van der Waals surface area contributed by atoms with Gasteiger partial charge in [0, 0.05) is 52.6 Å². The number of ketones is 2. The van der Waals surface area contributed by atoms with Crippen LogP contribution in [0, 0.1) is 0 Å². The highest BCUT2D eigenvalue weighted by Gasteiger charge is 2.57. The molecule has 11 nitrogen and oxygen atoms in total. The fourth-order valence-corrected chi connectivity index (χ4v) is 4.45. The Balaban J connectivity index is 3.39. The van der Waals surface area contributed by atoms with E-state index in [4.69, 9.17) is 9.47 Å². The van der Waals surface area contributed by atoms with Crippen LogP contribution in [0.3, 0.4) is 0 Å². The number of carbonyl (C=O) groups excluding carboxylic acids is 7. The molecule has 0 spiro atoms. The van der Waals surface area contributed by atoms with Crippen molar-refractivity contribution in [3.05, 3.63) is 0 Å². The summed E-state index contributed by atoms with van der Waals surface area (Å²) in [7, 11) is 1.24. The summed E-state index contributed by atoms with van der Waals surface area (Å²) in [4.78, 5) is 89.8. The third-order valence-electron chi connectivity index (χ3n) is 6.80. The number of ether oxygens (including phenoxy) is 2. The van der Waals surface area contributed by atoms with Gasteiger partial charge in [-0.2, -0.15) is 0 Å². The molecule has 0 bridgehead atoms. The third kappa shape index (κ3) is 7.52. The largest absolute Gasteiger partial charge is 0.442 e. The first kappa shape index (κ1) is 31.1. The Morgan fingerprint density at radius 3 is 1.97 bits per heavy atom. The molecular weight excluding hydrogens is 472 g/mol. The van der Waals surface area contributed by atoms with Crippen LogP contribution in [0.1, 0.15) is 72.1 Å². The number of esters is 1. The molecule has 2 atom stereocenters. The van der Waals surface area contributed by atoms with Crippen LogP contribution < -0.4 is 0 Å². The van der Waals surface area contributed by atoms with E-state index < -0.39 is 53.4 Å². The molecule has 2 amide bonds. The number of likely N-dealkylation sites (tertiary alicyclic amines) is 1. The first-order valence-electron chi connectivity index (χ1n) is 12.3. The van der Waals surface area contributed by atoms with Crippen molar-refractivity contribution in [3.63, 3.8) is 0 Å². The minimum absolute atomic E-state index is 0.0800. The number of rotatable bonds is 17. The van der Waals surface area contributed by atoms with Gasteiger partial charge in [0.1, 0.15) is 18.2 Å². The van der Waals surface area contributed by atoms with Crippen molar-refractivity contribution in [2.45, 2.75) is 83.3 Å². The Labute approximate surface area is 211 Å². The molecule has 0 aromatic carbocycles. The summed E-state index contributed by atoms with van der Waals surface area (Å²) in [6.07, 6.45) is 0.513. The molecule has 36 heavy (non-hydrogen) atoms. The smallest absolute Gasteiger partial charge is 0.376 e. The monoisotopic (exact) mass is 510 g/mol. The molecule has 2 unspecified atom stereocenters. The quantitative estimate of drug-likeness (QED) is 0.121. The molecule has 0 N–H and O–H groups in total. The summed E-state index contributed by atoms with van der Waals surface area (Å²) in [6.45, 7) is 6.57. The van der Waals surface area contributed by atoms with E-state index in [0.29, 0.717) is 38.8 Å². The second-order valence-electron chi connectivity index (χ2n) is 8.92. The van der Waals surface area contributed by atoms with E-state index in [1.807, 2.05) is 0 Å². The van der Waals surface area contributed by atoms with Crippen molar-refractivity contribution < 1.29 is 43.0 Å². The van der Waals surface area contributed by atoms with Gasteiger partial charge >= 0.3 is 5.97 Å². The summed E-state index contributed by atoms with van der Waals surface area (Å²) in [5.74, 6) is -4.50. The van der Waals surface area contributed by atoms with Crippen molar-refractivity contribution >= 4 is 41.9 Å². The summed E-state index contributed by atoms with van der Waals surface area (Å²) < 4.78 is 11.1. The number of methoxy groups -OCH3 is 1.